The van der Waals surface area contributed by atoms with E-state index in [2.05, 4.69) is 25.7 Å². The Morgan fingerprint density at radius 1 is 1.25 bits per heavy atom. The first kappa shape index (κ1) is 14.6. The summed E-state index contributed by atoms with van der Waals surface area (Å²) in [7, 11) is 0. The third-order valence-electron chi connectivity index (χ3n) is 3.24. The van der Waals surface area contributed by atoms with E-state index in [4.69, 9.17) is 11.2 Å². The number of aromatic nitrogens is 2. The molecule has 0 spiro atoms. The van der Waals surface area contributed by atoms with Crippen molar-refractivity contribution in [1.82, 2.24) is 14.9 Å². The minimum absolute atomic E-state index is 0.0994. The molecule has 0 radical (unpaired) electrons. The lowest BCUT2D eigenvalue weighted by Crippen LogP contribution is -2.47. The number of hydrogen-bond donors (Lipinski definition) is 0. The summed E-state index contributed by atoms with van der Waals surface area (Å²) in [6, 6.07) is 0. The van der Waals surface area contributed by atoms with Gasteiger partial charge in [-0.1, -0.05) is 0 Å². The molecule has 1 saturated heterocycles. The van der Waals surface area contributed by atoms with Crippen molar-refractivity contribution in [2.45, 2.75) is 26.4 Å². The molecule has 108 valence electrons. The van der Waals surface area contributed by atoms with Crippen LogP contribution < -0.4 is 9.64 Å². The predicted octanol–water partition coefficient (Wildman–Crippen LogP) is 1.41. The maximum atomic E-state index is 5.73. The maximum absolute atomic E-state index is 5.73. The van der Waals surface area contributed by atoms with Crippen LogP contribution in [0.4, 0.5) is 5.82 Å². The van der Waals surface area contributed by atoms with E-state index in [9.17, 15) is 0 Å². The fourth-order valence-corrected chi connectivity index (χ4v) is 2.25. The number of rotatable bonds is 5. The Kier molecular flexibility index (Phi) is 5.19. The summed E-state index contributed by atoms with van der Waals surface area (Å²) < 4.78 is 5.73. The van der Waals surface area contributed by atoms with Crippen LogP contribution in [0.5, 0.6) is 5.88 Å². The van der Waals surface area contributed by atoms with Gasteiger partial charge < -0.3 is 9.64 Å². The normalized spacial score (nSPS) is 16.2. The number of ether oxygens (including phenoxy) is 1. The van der Waals surface area contributed by atoms with E-state index < -0.39 is 0 Å². The standard InChI is InChI=1S/C15H22N4O/c1-4-5-8-18-9-11-19(12-10-18)14-15(20-13(2)3)17-7-6-16-14/h1,6-7,13H,5,8-12H2,2-3H3. The molecule has 1 aliphatic heterocycles. The van der Waals surface area contributed by atoms with E-state index >= 15 is 0 Å². The molecule has 0 N–H and O–H groups in total. The van der Waals surface area contributed by atoms with Gasteiger partial charge in [0.15, 0.2) is 5.82 Å². The summed E-state index contributed by atoms with van der Waals surface area (Å²) in [4.78, 5) is 13.3. The number of nitrogens with zero attached hydrogens (tertiary/aromatic N) is 4. The number of piperazine rings is 1. The highest BCUT2D eigenvalue weighted by atomic mass is 16.5. The summed E-state index contributed by atoms with van der Waals surface area (Å²) in [5.41, 5.74) is 0. The van der Waals surface area contributed by atoms with E-state index in [-0.39, 0.29) is 6.10 Å². The van der Waals surface area contributed by atoms with Gasteiger partial charge in [0.05, 0.1) is 6.10 Å². The second-order valence-corrected chi connectivity index (χ2v) is 5.13. The van der Waals surface area contributed by atoms with Crippen molar-refractivity contribution in [1.29, 1.82) is 0 Å². The Morgan fingerprint density at radius 2 is 1.95 bits per heavy atom. The number of hydrogen-bond acceptors (Lipinski definition) is 5. The first-order chi connectivity index (χ1) is 9.70. The fraction of sp³-hybridized carbons (Fsp3) is 0.600. The molecule has 0 aromatic carbocycles. The second kappa shape index (κ2) is 7.11. The Morgan fingerprint density at radius 3 is 2.60 bits per heavy atom. The molecule has 0 bridgehead atoms. The van der Waals surface area contributed by atoms with Crippen LogP contribution in [0.1, 0.15) is 20.3 Å². The monoisotopic (exact) mass is 274 g/mol. The molecule has 0 atom stereocenters. The van der Waals surface area contributed by atoms with Crippen molar-refractivity contribution in [2.75, 3.05) is 37.6 Å². The van der Waals surface area contributed by atoms with Gasteiger partial charge in [-0.25, -0.2) is 9.97 Å². The second-order valence-electron chi connectivity index (χ2n) is 5.13. The summed E-state index contributed by atoms with van der Waals surface area (Å²) in [5, 5.41) is 0. The van der Waals surface area contributed by atoms with E-state index in [1.54, 1.807) is 12.4 Å². The van der Waals surface area contributed by atoms with Crippen LogP contribution in [-0.2, 0) is 0 Å². The highest BCUT2D eigenvalue weighted by Gasteiger charge is 2.21. The molecule has 0 unspecified atom stereocenters. The lowest BCUT2D eigenvalue weighted by molar-refractivity contribution is 0.228. The molecule has 2 rings (SSSR count). The van der Waals surface area contributed by atoms with Crippen molar-refractivity contribution < 1.29 is 4.74 Å². The summed E-state index contributed by atoms with van der Waals surface area (Å²) in [6.45, 7) is 8.82. The van der Waals surface area contributed by atoms with Crippen LogP contribution in [0.3, 0.4) is 0 Å². The van der Waals surface area contributed by atoms with Crippen molar-refractivity contribution in [3.05, 3.63) is 12.4 Å². The van der Waals surface area contributed by atoms with Crippen LogP contribution in [0.25, 0.3) is 0 Å². The van der Waals surface area contributed by atoms with Gasteiger partial charge in [0.1, 0.15) is 0 Å². The lowest BCUT2D eigenvalue weighted by Gasteiger charge is -2.35. The molecule has 20 heavy (non-hydrogen) atoms. The molecule has 1 aromatic heterocycles. The van der Waals surface area contributed by atoms with E-state index in [0.29, 0.717) is 5.88 Å². The van der Waals surface area contributed by atoms with Crippen LogP contribution in [0.2, 0.25) is 0 Å². The zero-order valence-corrected chi connectivity index (χ0v) is 12.2. The molecule has 5 heteroatoms. The van der Waals surface area contributed by atoms with Crippen molar-refractivity contribution in [3.8, 4) is 18.2 Å². The van der Waals surface area contributed by atoms with Crippen LogP contribution in [-0.4, -0.2) is 53.7 Å². The lowest BCUT2D eigenvalue weighted by atomic mass is 10.3. The first-order valence-corrected chi connectivity index (χ1v) is 7.09. The molecule has 5 nitrogen and oxygen atoms in total. The number of terminal acetylenes is 1. The van der Waals surface area contributed by atoms with Crippen molar-refractivity contribution >= 4 is 5.82 Å². The Hall–Kier alpha value is -1.80. The highest BCUT2D eigenvalue weighted by Crippen LogP contribution is 2.24. The molecular weight excluding hydrogens is 252 g/mol. The average molecular weight is 274 g/mol. The van der Waals surface area contributed by atoms with E-state index in [1.165, 1.54) is 0 Å². The Labute approximate surface area is 121 Å². The van der Waals surface area contributed by atoms with Gasteiger partial charge in [0, 0.05) is 51.5 Å². The van der Waals surface area contributed by atoms with Gasteiger partial charge in [0.25, 0.3) is 5.88 Å². The van der Waals surface area contributed by atoms with Crippen LogP contribution in [0, 0.1) is 12.3 Å². The van der Waals surface area contributed by atoms with E-state index in [1.807, 2.05) is 13.8 Å². The third-order valence-corrected chi connectivity index (χ3v) is 3.24. The molecule has 0 aliphatic carbocycles. The smallest absolute Gasteiger partial charge is 0.257 e. The molecular formula is C15H22N4O. The fourth-order valence-electron chi connectivity index (χ4n) is 2.25. The average Bonchev–Trinajstić information content (AvgIpc) is 2.46. The van der Waals surface area contributed by atoms with Crippen molar-refractivity contribution in [2.24, 2.45) is 0 Å². The van der Waals surface area contributed by atoms with Crippen molar-refractivity contribution in [3.63, 3.8) is 0 Å². The largest absolute Gasteiger partial charge is 0.472 e. The molecule has 1 fully saturated rings. The summed E-state index contributed by atoms with van der Waals surface area (Å²) in [6.07, 6.45) is 9.61. The van der Waals surface area contributed by atoms with Gasteiger partial charge in [-0.15, -0.1) is 12.3 Å². The zero-order chi connectivity index (χ0) is 14.4. The minimum atomic E-state index is 0.0994. The Balaban J connectivity index is 1.98. The third kappa shape index (κ3) is 3.84. The van der Waals surface area contributed by atoms with Gasteiger partial charge in [0.2, 0.25) is 0 Å². The van der Waals surface area contributed by atoms with E-state index in [0.717, 1.165) is 45.0 Å². The molecule has 0 saturated carbocycles. The molecule has 2 heterocycles. The first-order valence-electron chi connectivity index (χ1n) is 7.09. The summed E-state index contributed by atoms with van der Waals surface area (Å²) >= 11 is 0. The summed E-state index contributed by atoms with van der Waals surface area (Å²) in [5.74, 6) is 4.16. The van der Waals surface area contributed by atoms with Crippen LogP contribution in [0.15, 0.2) is 12.4 Å². The molecule has 1 aromatic rings. The van der Waals surface area contributed by atoms with Gasteiger partial charge in [-0.2, -0.15) is 0 Å². The van der Waals surface area contributed by atoms with Gasteiger partial charge in [-0.3, -0.25) is 4.90 Å². The molecule has 0 amide bonds. The quantitative estimate of drug-likeness (QED) is 0.759. The zero-order valence-electron chi connectivity index (χ0n) is 12.2. The van der Waals surface area contributed by atoms with Gasteiger partial charge in [-0.05, 0) is 13.8 Å². The topological polar surface area (TPSA) is 41.5 Å². The van der Waals surface area contributed by atoms with Gasteiger partial charge >= 0.3 is 0 Å². The maximum Gasteiger partial charge on any atom is 0.257 e. The predicted molar refractivity (Wildman–Crippen MR) is 79.9 cm³/mol. The molecule has 1 aliphatic rings. The SMILES string of the molecule is C#CCCN1CCN(c2nccnc2OC(C)C)CC1. The minimum Gasteiger partial charge on any atom is -0.472 e. The Bertz CT molecular complexity index is 461. The highest BCUT2D eigenvalue weighted by molar-refractivity contribution is 5.48. The van der Waals surface area contributed by atoms with Crippen LogP contribution >= 0.6 is 0 Å². The number of anilines is 1.